The van der Waals surface area contributed by atoms with Crippen LogP contribution in [0.25, 0.3) is 21.5 Å². The molecule has 0 unspecified atom stereocenters. The van der Waals surface area contributed by atoms with E-state index in [4.69, 9.17) is 4.74 Å². The molecule has 0 aliphatic heterocycles. The first-order valence-corrected chi connectivity index (χ1v) is 9.68. The first-order chi connectivity index (χ1) is 15.5. The van der Waals surface area contributed by atoms with Gasteiger partial charge in [-0.2, -0.15) is 31.3 Å². The van der Waals surface area contributed by atoms with E-state index in [1.54, 1.807) is 12.1 Å². The molecule has 0 saturated carbocycles. The molecule has 0 radical (unpaired) electrons. The van der Waals surface area contributed by atoms with E-state index in [0.29, 0.717) is 21.6 Å². The number of ether oxygens (including phenoxy) is 2. The van der Waals surface area contributed by atoms with Gasteiger partial charge < -0.3 is 9.47 Å². The van der Waals surface area contributed by atoms with Crippen molar-refractivity contribution in [2.75, 3.05) is 0 Å². The largest absolute Gasteiger partial charge is 0.491 e. The molecule has 13 heteroatoms. The summed E-state index contributed by atoms with van der Waals surface area (Å²) in [6.07, 6.45) is -8.51. The van der Waals surface area contributed by atoms with Crippen LogP contribution in [0.2, 0.25) is 0 Å². The van der Waals surface area contributed by atoms with Gasteiger partial charge in [-0.05, 0) is 24.3 Å². The summed E-state index contributed by atoms with van der Waals surface area (Å²) in [6.45, 7) is 0. The quantitative estimate of drug-likeness (QED) is 0.260. The highest BCUT2D eigenvalue weighted by Gasteiger charge is 2.42. The Morgan fingerprint density at radius 2 is 1.67 bits per heavy atom. The molecule has 0 saturated heterocycles. The molecule has 33 heavy (non-hydrogen) atoms. The Morgan fingerprint density at radius 1 is 0.939 bits per heavy atom. The molecular formula is C20H9F6N3O3S. The van der Waals surface area contributed by atoms with Crippen molar-refractivity contribution in [2.24, 2.45) is 0 Å². The summed E-state index contributed by atoms with van der Waals surface area (Å²) in [7, 11) is 0. The molecule has 2 aromatic carbocycles. The molecule has 170 valence electrons. The van der Waals surface area contributed by atoms with Gasteiger partial charge in [-0.25, -0.2) is 14.8 Å². The minimum atomic E-state index is -5.17. The van der Waals surface area contributed by atoms with Crippen molar-refractivity contribution in [3.05, 3.63) is 60.4 Å². The smallest absolute Gasteiger partial charge is 0.437 e. The summed E-state index contributed by atoms with van der Waals surface area (Å²) in [6, 6.07) is 10.3. The summed E-state index contributed by atoms with van der Waals surface area (Å²) >= 11 is 0.711. The lowest BCUT2D eigenvalue weighted by atomic mass is 10.1. The van der Waals surface area contributed by atoms with Gasteiger partial charge in [-0.15, -0.1) is 0 Å². The lowest BCUT2D eigenvalue weighted by Crippen LogP contribution is -2.27. The number of para-hydroxylation sites is 1. The summed E-state index contributed by atoms with van der Waals surface area (Å²) in [4.78, 5) is 22.9. The number of hydrogen-bond donors (Lipinski definition) is 0. The van der Waals surface area contributed by atoms with E-state index in [1.807, 2.05) is 0 Å². The lowest BCUT2D eigenvalue weighted by molar-refractivity contribution is -0.189. The number of esters is 1. The molecule has 0 atom stereocenters. The first-order valence-electron chi connectivity index (χ1n) is 8.87. The maximum Gasteiger partial charge on any atom is 0.491 e. The van der Waals surface area contributed by atoms with Crippen LogP contribution in [0.3, 0.4) is 0 Å². The summed E-state index contributed by atoms with van der Waals surface area (Å²) in [5.41, 5.74) is -0.0291. The Morgan fingerprint density at radius 3 is 2.33 bits per heavy atom. The van der Waals surface area contributed by atoms with Gasteiger partial charge >= 0.3 is 18.3 Å². The third-order valence-electron chi connectivity index (χ3n) is 4.14. The van der Waals surface area contributed by atoms with Crippen LogP contribution in [-0.4, -0.2) is 27.1 Å². The number of rotatable bonds is 4. The molecule has 0 fully saturated rings. The van der Waals surface area contributed by atoms with Gasteiger partial charge in [0.05, 0.1) is 16.0 Å². The molecule has 2 aromatic heterocycles. The van der Waals surface area contributed by atoms with Crippen molar-refractivity contribution >= 4 is 27.5 Å². The third-order valence-corrected chi connectivity index (χ3v) is 5.04. The number of hydrogen-bond acceptors (Lipinski definition) is 7. The van der Waals surface area contributed by atoms with Crippen LogP contribution < -0.4 is 9.47 Å². The van der Waals surface area contributed by atoms with Gasteiger partial charge in [0.1, 0.15) is 11.8 Å². The van der Waals surface area contributed by atoms with E-state index in [2.05, 4.69) is 19.7 Å². The van der Waals surface area contributed by atoms with Gasteiger partial charge in [-0.3, -0.25) is 0 Å². The average Bonchev–Trinajstić information content (AvgIpc) is 3.16. The molecule has 2 heterocycles. The van der Waals surface area contributed by atoms with Crippen LogP contribution in [0.1, 0.15) is 5.56 Å². The van der Waals surface area contributed by atoms with Crippen molar-refractivity contribution in [1.29, 1.82) is 0 Å². The highest BCUT2D eigenvalue weighted by molar-refractivity contribution is 7.20. The standard InChI is InChI=1S/C20H9F6N3O3S/c21-19(22,23)11-6-4-10(5-7-11)12-8-15(28-9-27-12)31-13-2-1-3-14-16(13)29-18(33-14)32-17(30)20(24,25)26/h1-9H. The van der Waals surface area contributed by atoms with Crippen LogP contribution in [0.4, 0.5) is 26.3 Å². The zero-order valence-corrected chi connectivity index (χ0v) is 16.8. The van der Waals surface area contributed by atoms with Crippen LogP contribution >= 0.6 is 11.3 Å². The van der Waals surface area contributed by atoms with Crippen molar-refractivity contribution in [1.82, 2.24) is 15.0 Å². The van der Waals surface area contributed by atoms with Crippen LogP contribution in [0.5, 0.6) is 16.8 Å². The predicted octanol–water partition coefficient (Wildman–Crippen LogP) is 6.03. The number of aromatic nitrogens is 3. The monoisotopic (exact) mass is 485 g/mol. The molecule has 0 spiro atoms. The maximum atomic E-state index is 12.8. The highest BCUT2D eigenvalue weighted by atomic mass is 32.1. The Balaban J connectivity index is 1.59. The number of carbonyl (C=O) groups is 1. The van der Waals surface area contributed by atoms with Crippen LogP contribution in [0.15, 0.2) is 54.9 Å². The lowest BCUT2D eigenvalue weighted by Gasteiger charge is -2.09. The number of nitrogens with zero attached hydrogens (tertiary/aromatic N) is 3. The molecule has 0 aliphatic carbocycles. The first kappa shape index (κ1) is 22.5. The Hall–Kier alpha value is -3.74. The number of thiazole rings is 1. The van der Waals surface area contributed by atoms with Crippen molar-refractivity contribution in [3.8, 4) is 28.1 Å². The van der Waals surface area contributed by atoms with E-state index in [-0.39, 0.29) is 22.8 Å². The van der Waals surface area contributed by atoms with Crippen LogP contribution in [-0.2, 0) is 11.0 Å². The number of fused-ring (bicyclic) bond motifs is 1. The second-order valence-electron chi connectivity index (χ2n) is 6.39. The molecule has 4 aromatic rings. The molecule has 0 bridgehead atoms. The highest BCUT2D eigenvalue weighted by Crippen LogP contribution is 2.37. The van der Waals surface area contributed by atoms with Gasteiger partial charge in [0.15, 0.2) is 5.75 Å². The Labute approximate surface area is 184 Å². The normalized spacial score (nSPS) is 12.1. The molecule has 0 amide bonds. The van der Waals surface area contributed by atoms with Gasteiger partial charge in [0.25, 0.3) is 5.19 Å². The fourth-order valence-electron chi connectivity index (χ4n) is 2.66. The zero-order valence-electron chi connectivity index (χ0n) is 15.9. The minimum absolute atomic E-state index is 0.00855. The van der Waals surface area contributed by atoms with E-state index in [0.717, 1.165) is 18.5 Å². The van der Waals surface area contributed by atoms with Gasteiger partial charge in [-0.1, -0.05) is 29.5 Å². The molecular weight excluding hydrogens is 476 g/mol. The molecule has 0 N–H and O–H groups in total. The molecule has 4 rings (SSSR count). The zero-order chi connectivity index (χ0) is 23.8. The second kappa shape index (κ2) is 8.31. The third kappa shape index (κ3) is 5.03. The number of alkyl halides is 6. The van der Waals surface area contributed by atoms with E-state index in [9.17, 15) is 31.1 Å². The molecule has 0 aliphatic rings. The average molecular weight is 485 g/mol. The van der Waals surface area contributed by atoms with Crippen molar-refractivity contribution in [3.63, 3.8) is 0 Å². The summed E-state index contributed by atoms with van der Waals surface area (Å²) in [5.74, 6) is -2.29. The topological polar surface area (TPSA) is 74.2 Å². The maximum absolute atomic E-state index is 12.8. The van der Waals surface area contributed by atoms with Gasteiger partial charge in [0, 0.05) is 11.6 Å². The number of halogens is 6. The van der Waals surface area contributed by atoms with E-state index < -0.39 is 29.1 Å². The SMILES string of the molecule is O=C(Oc1nc2c(Oc3cc(-c4ccc(C(F)(F)F)cc4)ncn3)cccc2s1)C(F)(F)F. The van der Waals surface area contributed by atoms with Crippen molar-refractivity contribution in [2.45, 2.75) is 12.4 Å². The van der Waals surface area contributed by atoms with E-state index >= 15 is 0 Å². The Bertz CT molecular complexity index is 1320. The minimum Gasteiger partial charge on any atom is -0.437 e. The summed E-state index contributed by atoms with van der Waals surface area (Å²) < 4.78 is 85.8. The summed E-state index contributed by atoms with van der Waals surface area (Å²) in [5, 5.41) is -0.517. The predicted molar refractivity (Wildman–Crippen MR) is 104 cm³/mol. The number of carbonyl (C=O) groups excluding carboxylic acids is 1. The fourth-order valence-corrected chi connectivity index (χ4v) is 3.49. The fraction of sp³-hybridized carbons (Fsp3) is 0.100. The van der Waals surface area contributed by atoms with Crippen LogP contribution in [0, 0.1) is 0 Å². The Kier molecular flexibility index (Phi) is 5.66. The van der Waals surface area contributed by atoms with Crippen molar-refractivity contribution < 1.29 is 40.6 Å². The van der Waals surface area contributed by atoms with E-state index in [1.165, 1.54) is 24.3 Å². The second-order valence-corrected chi connectivity index (χ2v) is 7.38. The number of benzene rings is 2. The molecule has 6 nitrogen and oxygen atoms in total. The van der Waals surface area contributed by atoms with Gasteiger partial charge in [0.2, 0.25) is 5.88 Å².